The second-order valence-corrected chi connectivity index (χ2v) is 5.06. The van der Waals surface area contributed by atoms with Gasteiger partial charge in [-0.05, 0) is 20.0 Å². The van der Waals surface area contributed by atoms with Gasteiger partial charge in [-0.25, -0.2) is 13.1 Å². The van der Waals surface area contributed by atoms with Crippen molar-refractivity contribution in [2.45, 2.75) is 12.8 Å². The number of carbonyl (C=O) groups is 1. The fourth-order valence-corrected chi connectivity index (χ4v) is 1.43. The maximum atomic E-state index is 11.1. The minimum absolute atomic E-state index is 0.0550. The van der Waals surface area contributed by atoms with E-state index in [4.69, 9.17) is 0 Å². The van der Waals surface area contributed by atoms with Crippen molar-refractivity contribution in [3.05, 3.63) is 0 Å². The molecule has 6 nitrogen and oxygen atoms in total. The van der Waals surface area contributed by atoms with E-state index in [1.165, 1.54) is 0 Å². The lowest BCUT2D eigenvalue weighted by Crippen LogP contribution is -2.34. The van der Waals surface area contributed by atoms with Crippen molar-refractivity contribution < 1.29 is 13.2 Å². The molecule has 0 rings (SSSR count). The monoisotopic (exact) mass is 237 g/mol. The number of amides is 1. The Morgan fingerprint density at radius 2 is 1.87 bits per heavy atom. The molecule has 0 aromatic rings. The summed E-state index contributed by atoms with van der Waals surface area (Å²) in [5.41, 5.74) is 0. The summed E-state index contributed by atoms with van der Waals surface area (Å²) in [6, 6.07) is 0. The quantitative estimate of drug-likeness (QED) is 0.456. The minimum atomic E-state index is -3.15. The highest BCUT2D eigenvalue weighted by Crippen LogP contribution is 1.85. The van der Waals surface area contributed by atoms with E-state index in [0.29, 0.717) is 13.0 Å². The number of hydrogen-bond acceptors (Lipinski definition) is 4. The largest absolute Gasteiger partial charge is 0.355 e. The molecule has 0 fully saturated rings. The van der Waals surface area contributed by atoms with Gasteiger partial charge < -0.3 is 10.6 Å². The average molecular weight is 237 g/mol. The number of carbonyl (C=O) groups excluding carboxylic acids is 1. The van der Waals surface area contributed by atoms with E-state index in [1.807, 2.05) is 7.05 Å². The molecule has 0 atom stereocenters. The standard InChI is InChI=1S/C8H19N3O3S/c1-9-5-3-4-8(12)10-6-7-11-15(2,13)14/h9,11H,3-7H2,1-2H3,(H,10,12). The Balaban J connectivity index is 3.39. The van der Waals surface area contributed by atoms with E-state index in [9.17, 15) is 13.2 Å². The van der Waals surface area contributed by atoms with Gasteiger partial charge in [-0.3, -0.25) is 4.79 Å². The maximum Gasteiger partial charge on any atom is 0.220 e. The van der Waals surface area contributed by atoms with E-state index in [2.05, 4.69) is 15.4 Å². The molecule has 7 heteroatoms. The fourth-order valence-electron chi connectivity index (χ4n) is 0.952. The highest BCUT2D eigenvalue weighted by atomic mass is 32.2. The first-order chi connectivity index (χ1) is 6.95. The second kappa shape index (κ2) is 7.61. The van der Waals surface area contributed by atoms with Crippen LogP contribution >= 0.6 is 0 Å². The summed E-state index contributed by atoms with van der Waals surface area (Å²) < 4.78 is 23.6. The smallest absolute Gasteiger partial charge is 0.220 e. The third-order valence-electron chi connectivity index (χ3n) is 1.64. The van der Waals surface area contributed by atoms with Crippen LogP contribution in [0.25, 0.3) is 0 Å². The van der Waals surface area contributed by atoms with Crippen LogP contribution in [0.3, 0.4) is 0 Å². The van der Waals surface area contributed by atoms with Crippen LogP contribution in [0, 0.1) is 0 Å². The Hall–Kier alpha value is -0.660. The number of nitrogens with one attached hydrogen (secondary N) is 3. The molecule has 0 radical (unpaired) electrons. The van der Waals surface area contributed by atoms with Crippen LogP contribution < -0.4 is 15.4 Å². The minimum Gasteiger partial charge on any atom is -0.355 e. The molecule has 0 heterocycles. The molecule has 3 N–H and O–H groups in total. The van der Waals surface area contributed by atoms with Gasteiger partial charge in [0.1, 0.15) is 0 Å². The molecule has 0 saturated carbocycles. The van der Waals surface area contributed by atoms with Crippen molar-refractivity contribution in [3.63, 3.8) is 0 Å². The molecule has 0 aliphatic heterocycles. The fraction of sp³-hybridized carbons (Fsp3) is 0.875. The molecule has 0 bridgehead atoms. The highest BCUT2D eigenvalue weighted by molar-refractivity contribution is 7.88. The van der Waals surface area contributed by atoms with E-state index in [1.54, 1.807) is 0 Å². The predicted octanol–water partition coefficient (Wildman–Crippen LogP) is -1.35. The summed E-state index contributed by atoms with van der Waals surface area (Å²) in [5, 5.41) is 5.56. The maximum absolute atomic E-state index is 11.1. The van der Waals surface area contributed by atoms with Gasteiger partial charge in [0.2, 0.25) is 15.9 Å². The van der Waals surface area contributed by atoms with Crippen molar-refractivity contribution in [1.29, 1.82) is 0 Å². The van der Waals surface area contributed by atoms with Gasteiger partial charge in [0, 0.05) is 19.5 Å². The normalized spacial score (nSPS) is 11.3. The molecular formula is C8H19N3O3S. The molecule has 15 heavy (non-hydrogen) atoms. The van der Waals surface area contributed by atoms with Crippen molar-refractivity contribution in [2.75, 3.05) is 32.9 Å². The van der Waals surface area contributed by atoms with E-state index < -0.39 is 10.0 Å². The molecule has 1 amide bonds. The lowest BCUT2D eigenvalue weighted by Gasteiger charge is -2.05. The first-order valence-corrected chi connectivity index (χ1v) is 6.71. The van der Waals surface area contributed by atoms with Gasteiger partial charge in [-0.15, -0.1) is 0 Å². The summed E-state index contributed by atoms with van der Waals surface area (Å²) >= 11 is 0. The summed E-state index contributed by atoms with van der Waals surface area (Å²) in [6.07, 6.45) is 2.32. The molecule has 0 aliphatic carbocycles. The molecule has 0 aromatic heterocycles. The summed E-state index contributed by atoms with van der Waals surface area (Å²) in [4.78, 5) is 11.1. The van der Waals surface area contributed by atoms with Crippen LogP contribution in [0.4, 0.5) is 0 Å². The Kier molecular flexibility index (Phi) is 7.27. The first-order valence-electron chi connectivity index (χ1n) is 4.81. The predicted molar refractivity (Wildman–Crippen MR) is 59.0 cm³/mol. The van der Waals surface area contributed by atoms with Crippen molar-refractivity contribution >= 4 is 15.9 Å². The van der Waals surface area contributed by atoms with E-state index in [-0.39, 0.29) is 12.5 Å². The van der Waals surface area contributed by atoms with Gasteiger partial charge in [-0.1, -0.05) is 0 Å². The zero-order chi connectivity index (χ0) is 11.7. The molecular weight excluding hydrogens is 218 g/mol. The Morgan fingerprint density at radius 3 is 2.40 bits per heavy atom. The van der Waals surface area contributed by atoms with Gasteiger partial charge in [0.25, 0.3) is 0 Å². The SMILES string of the molecule is CNCCCC(=O)NCCNS(C)(=O)=O. The summed E-state index contributed by atoms with van der Waals surface area (Å²) in [7, 11) is -1.33. The van der Waals surface area contributed by atoms with Crippen molar-refractivity contribution in [2.24, 2.45) is 0 Å². The third-order valence-corrected chi connectivity index (χ3v) is 2.37. The Bertz CT molecular complexity index is 277. The Morgan fingerprint density at radius 1 is 1.20 bits per heavy atom. The summed E-state index contributed by atoms with van der Waals surface area (Å²) in [6.45, 7) is 1.36. The van der Waals surface area contributed by atoms with Gasteiger partial charge >= 0.3 is 0 Å². The van der Waals surface area contributed by atoms with Crippen molar-refractivity contribution in [1.82, 2.24) is 15.4 Å². The number of hydrogen-bond donors (Lipinski definition) is 3. The van der Waals surface area contributed by atoms with Crippen LogP contribution in [0.15, 0.2) is 0 Å². The second-order valence-electron chi connectivity index (χ2n) is 3.22. The molecule has 90 valence electrons. The topological polar surface area (TPSA) is 87.3 Å². The van der Waals surface area contributed by atoms with Crippen LogP contribution in [0.2, 0.25) is 0 Å². The van der Waals surface area contributed by atoms with Gasteiger partial charge in [0.15, 0.2) is 0 Å². The zero-order valence-electron chi connectivity index (χ0n) is 9.17. The lowest BCUT2D eigenvalue weighted by molar-refractivity contribution is -0.121. The van der Waals surface area contributed by atoms with E-state index >= 15 is 0 Å². The number of sulfonamides is 1. The average Bonchev–Trinajstić information content (AvgIpc) is 2.11. The van der Waals surface area contributed by atoms with Crippen LogP contribution in [0.5, 0.6) is 0 Å². The Labute approximate surface area is 90.9 Å². The highest BCUT2D eigenvalue weighted by Gasteiger charge is 2.01. The van der Waals surface area contributed by atoms with Gasteiger partial charge in [-0.2, -0.15) is 0 Å². The van der Waals surface area contributed by atoms with Crippen LogP contribution in [0.1, 0.15) is 12.8 Å². The lowest BCUT2D eigenvalue weighted by atomic mass is 10.3. The first kappa shape index (κ1) is 14.3. The van der Waals surface area contributed by atoms with E-state index in [0.717, 1.165) is 19.2 Å². The molecule has 0 aromatic carbocycles. The van der Waals surface area contributed by atoms with Gasteiger partial charge in [0.05, 0.1) is 6.26 Å². The number of rotatable bonds is 8. The third kappa shape index (κ3) is 11.3. The zero-order valence-corrected chi connectivity index (χ0v) is 9.99. The van der Waals surface area contributed by atoms with Crippen LogP contribution in [-0.4, -0.2) is 47.3 Å². The molecule has 0 saturated heterocycles. The van der Waals surface area contributed by atoms with Crippen LogP contribution in [-0.2, 0) is 14.8 Å². The molecule has 0 unspecified atom stereocenters. The van der Waals surface area contributed by atoms with Crippen molar-refractivity contribution in [3.8, 4) is 0 Å². The summed E-state index contributed by atoms with van der Waals surface area (Å²) in [5.74, 6) is -0.0550. The molecule has 0 aliphatic rings. The molecule has 0 spiro atoms.